The summed E-state index contributed by atoms with van der Waals surface area (Å²) in [6, 6.07) is 3.49. The maximum Gasteiger partial charge on any atom is 0.256 e. The normalized spacial score (nSPS) is 13.7. The van der Waals surface area contributed by atoms with Crippen LogP contribution in [0.4, 0.5) is 5.69 Å². The molecular weight excluding hydrogens is 244 g/mol. The molecular formula is C14H22N2O3. The van der Waals surface area contributed by atoms with Crippen LogP contribution >= 0.6 is 0 Å². The average molecular weight is 266 g/mol. The Bertz CT molecular complexity index is 448. The summed E-state index contributed by atoms with van der Waals surface area (Å²) < 4.78 is 10.4. The lowest BCUT2D eigenvalue weighted by atomic mass is 9.99. The molecule has 0 aromatic carbocycles. The lowest BCUT2D eigenvalue weighted by Crippen LogP contribution is -2.42. The molecule has 1 heterocycles. The molecule has 5 heteroatoms. The predicted molar refractivity (Wildman–Crippen MR) is 74.5 cm³/mol. The van der Waals surface area contributed by atoms with E-state index in [1.165, 1.54) is 0 Å². The molecule has 0 spiro atoms. The Labute approximate surface area is 114 Å². The van der Waals surface area contributed by atoms with Crippen LogP contribution in [0.3, 0.4) is 0 Å². The zero-order valence-corrected chi connectivity index (χ0v) is 12.2. The SMILES string of the molecule is CCCC(C)(OC)C(=O)Nc1ccc(OC)nc1C. The molecule has 1 amide bonds. The quantitative estimate of drug-likeness (QED) is 0.859. The molecule has 0 fully saturated rings. The summed E-state index contributed by atoms with van der Waals surface area (Å²) in [4.78, 5) is 16.5. The average Bonchev–Trinajstić information content (AvgIpc) is 2.40. The van der Waals surface area contributed by atoms with Gasteiger partial charge in [-0.1, -0.05) is 13.3 Å². The predicted octanol–water partition coefficient (Wildman–Crippen LogP) is 2.54. The van der Waals surface area contributed by atoms with E-state index in [1.54, 1.807) is 33.3 Å². The first-order chi connectivity index (χ1) is 8.96. The molecule has 0 radical (unpaired) electrons. The standard InChI is InChI=1S/C14H22N2O3/c1-6-9-14(3,19-5)13(17)16-11-7-8-12(18-4)15-10(11)2/h7-8H,6,9H2,1-5H3,(H,16,17). The van der Waals surface area contributed by atoms with Crippen molar-refractivity contribution in [2.45, 2.75) is 39.2 Å². The highest BCUT2D eigenvalue weighted by atomic mass is 16.5. The van der Waals surface area contributed by atoms with Gasteiger partial charge in [0.25, 0.3) is 5.91 Å². The summed E-state index contributed by atoms with van der Waals surface area (Å²) in [5.41, 5.74) is 0.564. The summed E-state index contributed by atoms with van der Waals surface area (Å²) in [7, 11) is 3.11. The van der Waals surface area contributed by atoms with Gasteiger partial charge in [0.1, 0.15) is 5.60 Å². The van der Waals surface area contributed by atoms with Crippen molar-refractivity contribution >= 4 is 11.6 Å². The number of hydrogen-bond acceptors (Lipinski definition) is 4. The van der Waals surface area contributed by atoms with E-state index < -0.39 is 5.60 Å². The second-order valence-corrected chi connectivity index (χ2v) is 4.63. The summed E-state index contributed by atoms with van der Waals surface area (Å²) in [6.07, 6.45) is 1.54. The fraction of sp³-hybridized carbons (Fsp3) is 0.571. The van der Waals surface area contributed by atoms with E-state index in [2.05, 4.69) is 10.3 Å². The molecule has 0 aliphatic heterocycles. The summed E-state index contributed by atoms with van der Waals surface area (Å²) in [5.74, 6) is 0.366. The molecule has 0 aliphatic carbocycles. The van der Waals surface area contributed by atoms with Crippen LogP contribution in [0.2, 0.25) is 0 Å². The van der Waals surface area contributed by atoms with Crippen LogP contribution in [0.5, 0.6) is 5.88 Å². The Kier molecular flexibility index (Phi) is 5.30. The molecule has 1 N–H and O–H groups in total. The van der Waals surface area contributed by atoms with E-state index in [1.807, 2.05) is 13.8 Å². The van der Waals surface area contributed by atoms with Crippen molar-refractivity contribution in [3.8, 4) is 5.88 Å². The molecule has 5 nitrogen and oxygen atoms in total. The minimum atomic E-state index is -0.818. The van der Waals surface area contributed by atoms with Gasteiger partial charge in [0, 0.05) is 13.2 Å². The van der Waals surface area contributed by atoms with Gasteiger partial charge >= 0.3 is 0 Å². The highest BCUT2D eigenvalue weighted by Crippen LogP contribution is 2.22. The number of amides is 1. The minimum absolute atomic E-state index is 0.160. The third kappa shape index (κ3) is 3.67. The van der Waals surface area contributed by atoms with E-state index in [4.69, 9.17) is 9.47 Å². The number of methoxy groups -OCH3 is 2. The molecule has 0 aliphatic rings. The fourth-order valence-corrected chi connectivity index (χ4v) is 1.82. The van der Waals surface area contributed by atoms with Crippen molar-refractivity contribution in [1.29, 1.82) is 0 Å². The first-order valence-electron chi connectivity index (χ1n) is 6.35. The Balaban J connectivity index is 2.87. The van der Waals surface area contributed by atoms with Crippen LogP contribution in [0.25, 0.3) is 0 Å². The van der Waals surface area contributed by atoms with Crippen molar-refractivity contribution in [2.75, 3.05) is 19.5 Å². The topological polar surface area (TPSA) is 60.5 Å². The van der Waals surface area contributed by atoms with Crippen LogP contribution in [-0.4, -0.2) is 30.7 Å². The Morgan fingerprint density at radius 3 is 2.58 bits per heavy atom. The molecule has 106 valence electrons. The van der Waals surface area contributed by atoms with Crippen molar-refractivity contribution in [2.24, 2.45) is 0 Å². The minimum Gasteiger partial charge on any atom is -0.481 e. The zero-order valence-electron chi connectivity index (χ0n) is 12.2. The third-order valence-electron chi connectivity index (χ3n) is 3.18. The molecule has 1 aromatic heterocycles. The number of hydrogen-bond donors (Lipinski definition) is 1. The van der Waals surface area contributed by atoms with Crippen molar-refractivity contribution in [3.63, 3.8) is 0 Å². The van der Waals surface area contributed by atoms with Gasteiger partial charge in [-0.05, 0) is 26.3 Å². The number of aromatic nitrogens is 1. The van der Waals surface area contributed by atoms with Crippen LogP contribution in [0, 0.1) is 6.92 Å². The van der Waals surface area contributed by atoms with E-state index >= 15 is 0 Å². The molecule has 0 saturated carbocycles. The molecule has 1 rings (SSSR count). The van der Waals surface area contributed by atoms with E-state index in [9.17, 15) is 4.79 Å². The summed E-state index contributed by atoms with van der Waals surface area (Å²) in [5, 5.41) is 2.86. The third-order valence-corrected chi connectivity index (χ3v) is 3.18. The largest absolute Gasteiger partial charge is 0.481 e. The van der Waals surface area contributed by atoms with Crippen molar-refractivity contribution < 1.29 is 14.3 Å². The van der Waals surface area contributed by atoms with Gasteiger partial charge in [-0.25, -0.2) is 4.98 Å². The van der Waals surface area contributed by atoms with Gasteiger partial charge in [-0.15, -0.1) is 0 Å². The van der Waals surface area contributed by atoms with Crippen molar-refractivity contribution in [1.82, 2.24) is 4.98 Å². The Morgan fingerprint density at radius 1 is 1.42 bits per heavy atom. The lowest BCUT2D eigenvalue weighted by molar-refractivity contribution is -0.136. The van der Waals surface area contributed by atoms with Crippen molar-refractivity contribution in [3.05, 3.63) is 17.8 Å². The first kappa shape index (κ1) is 15.4. The second-order valence-electron chi connectivity index (χ2n) is 4.63. The summed E-state index contributed by atoms with van der Waals surface area (Å²) >= 11 is 0. The maximum absolute atomic E-state index is 12.3. The fourth-order valence-electron chi connectivity index (χ4n) is 1.82. The molecule has 19 heavy (non-hydrogen) atoms. The number of nitrogens with one attached hydrogen (secondary N) is 1. The van der Waals surface area contributed by atoms with Gasteiger partial charge in [-0.2, -0.15) is 0 Å². The number of carbonyl (C=O) groups excluding carboxylic acids is 1. The number of rotatable bonds is 6. The Hall–Kier alpha value is -1.62. The number of aryl methyl sites for hydroxylation is 1. The highest BCUT2D eigenvalue weighted by Gasteiger charge is 2.32. The van der Waals surface area contributed by atoms with E-state index in [0.717, 1.165) is 6.42 Å². The summed E-state index contributed by atoms with van der Waals surface area (Å²) in [6.45, 7) is 5.63. The van der Waals surface area contributed by atoms with Gasteiger partial charge in [-0.3, -0.25) is 4.79 Å². The monoisotopic (exact) mass is 266 g/mol. The highest BCUT2D eigenvalue weighted by molar-refractivity contribution is 5.97. The molecule has 1 aromatic rings. The molecule has 0 saturated heterocycles. The molecule has 0 bridgehead atoms. The van der Waals surface area contributed by atoms with Gasteiger partial charge in [0.15, 0.2) is 0 Å². The number of carbonyl (C=O) groups is 1. The first-order valence-corrected chi connectivity index (χ1v) is 6.35. The lowest BCUT2D eigenvalue weighted by Gasteiger charge is -2.26. The number of anilines is 1. The second kappa shape index (κ2) is 6.52. The zero-order chi connectivity index (χ0) is 14.5. The molecule has 1 atom stereocenters. The van der Waals surface area contributed by atoms with Crippen LogP contribution in [0.1, 0.15) is 32.4 Å². The smallest absolute Gasteiger partial charge is 0.256 e. The van der Waals surface area contributed by atoms with Crippen LogP contribution in [0.15, 0.2) is 12.1 Å². The van der Waals surface area contributed by atoms with Crippen LogP contribution < -0.4 is 10.1 Å². The van der Waals surface area contributed by atoms with Gasteiger partial charge in [0.2, 0.25) is 5.88 Å². The Morgan fingerprint density at radius 2 is 2.11 bits per heavy atom. The molecule has 1 unspecified atom stereocenters. The van der Waals surface area contributed by atoms with E-state index in [-0.39, 0.29) is 5.91 Å². The number of ether oxygens (including phenoxy) is 2. The number of nitrogens with zero attached hydrogens (tertiary/aromatic N) is 1. The van der Waals surface area contributed by atoms with Gasteiger partial charge < -0.3 is 14.8 Å². The number of pyridine rings is 1. The van der Waals surface area contributed by atoms with E-state index in [0.29, 0.717) is 23.7 Å². The van der Waals surface area contributed by atoms with Crippen LogP contribution in [-0.2, 0) is 9.53 Å². The maximum atomic E-state index is 12.3. The van der Waals surface area contributed by atoms with Gasteiger partial charge in [0.05, 0.1) is 18.5 Å².